The molecule has 0 aromatic heterocycles. The summed E-state index contributed by atoms with van der Waals surface area (Å²) >= 11 is 0. The van der Waals surface area contributed by atoms with E-state index in [1.165, 1.54) is 6.26 Å². The number of rotatable bonds is 3. The highest BCUT2D eigenvalue weighted by molar-refractivity contribution is 7.90. The second-order valence-corrected chi connectivity index (χ2v) is 6.13. The van der Waals surface area contributed by atoms with Crippen molar-refractivity contribution >= 4 is 9.84 Å². The van der Waals surface area contributed by atoms with Gasteiger partial charge in [0.15, 0.2) is 9.84 Å². The number of hydrogen-bond acceptors (Lipinski definition) is 3. The highest BCUT2D eigenvalue weighted by Crippen LogP contribution is 2.21. The first-order valence-corrected chi connectivity index (χ1v) is 6.77. The predicted octanol–water partition coefficient (Wildman–Crippen LogP) is 1.75. The minimum absolute atomic E-state index is 0.119. The first-order valence-electron chi connectivity index (χ1n) is 4.88. The van der Waals surface area contributed by atoms with Crippen molar-refractivity contribution in [3.8, 4) is 0 Å². The third-order valence-corrected chi connectivity index (χ3v) is 3.50. The highest BCUT2D eigenvalue weighted by atomic mass is 32.2. The predicted molar refractivity (Wildman–Crippen MR) is 61.3 cm³/mol. The lowest BCUT2D eigenvalue weighted by Crippen LogP contribution is -2.17. The van der Waals surface area contributed by atoms with Crippen molar-refractivity contribution in [2.75, 3.05) is 6.26 Å². The first kappa shape index (κ1) is 12.2. The van der Waals surface area contributed by atoms with Crippen molar-refractivity contribution < 1.29 is 8.42 Å². The third kappa shape index (κ3) is 3.04. The maximum atomic E-state index is 11.3. The lowest BCUT2D eigenvalue weighted by atomic mass is 9.97. The van der Waals surface area contributed by atoms with Gasteiger partial charge in [0, 0.05) is 12.3 Å². The molecule has 1 rings (SSSR count). The zero-order valence-electron chi connectivity index (χ0n) is 9.27. The van der Waals surface area contributed by atoms with Gasteiger partial charge in [-0.2, -0.15) is 0 Å². The molecule has 0 aliphatic heterocycles. The van der Waals surface area contributed by atoms with Gasteiger partial charge >= 0.3 is 0 Å². The molecule has 0 aliphatic rings. The molecule has 84 valence electrons. The minimum atomic E-state index is -3.14. The van der Waals surface area contributed by atoms with Crippen LogP contribution in [0.1, 0.15) is 25.5 Å². The first-order chi connectivity index (χ1) is 6.82. The second kappa shape index (κ2) is 4.33. The fourth-order valence-electron chi connectivity index (χ4n) is 1.34. The zero-order chi connectivity index (χ0) is 11.6. The topological polar surface area (TPSA) is 60.2 Å². The van der Waals surface area contributed by atoms with Gasteiger partial charge in [-0.25, -0.2) is 8.42 Å². The Morgan fingerprint density at radius 3 is 2.33 bits per heavy atom. The van der Waals surface area contributed by atoms with E-state index in [4.69, 9.17) is 5.73 Å². The summed E-state index contributed by atoms with van der Waals surface area (Å²) in [5.74, 6) is 0.291. The molecule has 0 bridgehead atoms. The molecule has 3 nitrogen and oxygen atoms in total. The van der Waals surface area contributed by atoms with Crippen molar-refractivity contribution in [1.82, 2.24) is 0 Å². The van der Waals surface area contributed by atoms with E-state index in [9.17, 15) is 8.42 Å². The molecule has 0 spiro atoms. The van der Waals surface area contributed by atoms with Gasteiger partial charge in [-0.1, -0.05) is 26.0 Å². The van der Waals surface area contributed by atoms with Gasteiger partial charge in [0.25, 0.3) is 0 Å². The molecule has 0 aliphatic carbocycles. The van der Waals surface area contributed by atoms with Crippen LogP contribution >= 0.6 is 0 Å². The molecule has 0 fully saturated rings. The maximum Gasteiger partial charge on any atom is 0.175 e. The Bertz CT molecular complexity index is 438. The van der Waals surface area contributed by atoms with Crippen LogP contribution in [0.5, 0.6) is 0 Å². The van der Waals surface area contributed by atoms with Crippen LogP contribution < -0.4 is 5.73 Å². The van der Waals surface area contributed by atoms with Gasteiger partial charge < -0.3 is 5.73 Å². The highest BCUT2D eigenvalue weighted by Gasteiger charge is 2.13. The lowest BCUT2D eigenvalue weighted by Gasteiger charge is -2.16. The fourth-order valence-corrected chi connectivity index (χ4v) is 2.01. The monoisotopic (exact) mass is 227 g/mol. The summed E-state index contributed by atoms with van der Waals surface area (Å²) in [4.78, 5) is 0.330. The summed E-state index contributed by atoms with van der Waals surface area (Å²) in [7, 11) is -3.14. The molecule has 4 heteroatoms. The Morgan fingerprint density at radius 2 is 1.87 bits per heavy atom. The Balaban J connectivity index is 3.14. The maximum absolute atomic E-state index is 11.3. The summed E-state index contributed by atoms with van der Waals surface area (Å²) in [6.45, 7) is 4.02. The number of hydrogen-bond donors (Lipinski definition) is 1. The van der Waals surface area contributed by atoms with E-state index in [0.717, 1.165) is 5.56 Å². The van der Waals surface area contributed by atoms with Crippen molar-refractivity contribution in [2.45, 2.75) is 24.8 Å². The van der Waals surface area contributed by atoms with Crippen LogP contribution in [0.15, 0.2) is 29.2 Å². The molecule has 0 radical (unpaired) electrons. The summed E-state index contributed by atoms with van der Waals surface area (Å²) in [6.07, 6.45) is 1.20. The molecular weight excluding hydrogens is 210 g/mol. The van der Waals surface area contributed by atoms with Crippen LogP contribution in [0.2, 0.25) is 0 Å². The molecule has 1 aromatic rings. The smallest absolute Gasteiger partial charge is 0.175 e. The van der Waals surface area contributed by atoms with Crippen LogP contribution in [0.25, 0.3) is 0 Å². The van der Waals surface area contributed by atoms with Crippen molar-refractivity contribution in [3.05, 3.63) is 29.8 Å². The van der Waals surface area contributed by atoms with E-state index >= 15 is 0 Å². The van der Waals surface area contributed by atoms with E-state index in [1.807, 2.05) is 19.9 Å². The van der Waals surface area contributed by atoms with Crippen molar-refractivity contribution in [1.29, 1.82) is 0 Å². The van der Waals surface area contributed by atoms with Gasteiger partial charge in [0.05, 0.1) is 4.90 Å². The summed E-state index contributed by atoms with van der Waals surface area (Å²) < 4.78 is 22.7. The van der Waals surface area contributed by atoms with Gasteiger partial charge in [-0.3, -0.25) is 0 Å². The normalized spacial score (nSPS) is 14.2. The standard InChI is InChI=1S/C11H17NO2S/c1-8(2)11(12)9-5-4-6-10(7-9)15(3,13)14/h4-8,11H,12H2,1-3H3/t11-/m1/s1. The van der Waals surface area contributed by atoms with E-state index in [1.54, 1.807) is 18.2 Å². The number of benzene rings is 1. The molecule has 1 atom stereocenters. The quantitative estimate of drug-likeness (QED) is 0.855. The second-order valence-electron chi connectivity index (χ2n) is 4.11. The Labute approximate surface area is 91.2 Å². The molecule has 15 heavy (non-hydrogen) atoms. The van der Waals surface area contributed by atoms with Gasteiger partial charge in [-0.05, 0) is 23.6 Å². The summed E-state index contributed by atoms with van der Waals surface area (Å²) in [5.41, 5.74) is 6.82. The van der Waals surface area contributed by atoms with Crippen molar-refractivity contribution in [2.24, 2.45) is 11.7 Å². The lowest BCUT2D eigenvalue weighted by molar-refractivity contribution is 0.513. The third-order valence-electron chi connectivity index (χ3n) is 2.39. The van der Waals surface area contributed by atoms with E-state index < -0.39 is 9.84 Å². The molecule has 0 saturated carbocycles. The van der Waals surface area contributed by atoms with Gasteiger partial charge in [-0.15, -0.1) is 0 Å². The van der Waals surface area contributed by atoms with Crippen LogP contribution in [0.4, 0.5) is 0 Å². The van der Waals surface area contributed by atoms with Crippen LogP contribution in [0.3, 0.4) is 0 Å². The van der Waals surface area contributed by atoms with E-state index in [0.29, 0.717) is 10.8 Å². The fraction of sp³-hybridized carbons (Fsp3) is 0.455. The average Bonchev–Trinajstić information content (AvgIpc) is 2.15. The molecule has 1 aromatic carbocycles. The molecule has 0 heterocycles. The Kier molecular flexibility index (Phi) is 3.52. The Hall–Kier alpha value is -0.870. The minimum Gasteiger partial charge on any atom is -0.324 e. The number of nitrogens with two attached hydrogens (primary N) is 1. The average molecular weight is 227 g/mol. The SMILES string of the molecule is CC(C)[C@@H](N)c1cccc(S(C)(=O)=O)c1. The van der Waals surface area contributed by atoms with Crippen molar-refractivity contribution in [3.63, 3.8) is 0 Å². The molecular formula is C11H17NO2S. The van der Waals surface area contributed by atoms with Gasteiger partial charge in [0.1, 0.15) is 0 Å². The number of sulfone groups is 1. The largest absolute Gasteiger partial charge is 0.324 e. The van der Waals surface area contributed by atoms with E-state index in [-0.39, 0.29) is 6.04 Å². The summed E-state index contributed by atoms with van der Waals surface area (Å²) in [6, 6.07) is 6.71. The van der Waals surface area contributed by atoms with Gasteiger partial charge in [0.2, 0.25) is 0 Å². The van der Waals surface area contributed by atoms with Crippen LogP contribution in [0, 0.1) is 5.92 Å². The zero-order valence-corrected chi connectivity index (χ0v) is 10.1. The summed E-state index contributed by atoms with van der Waals surface area (Å²) in [5, 5.41) is 0. The molecule has 0 amide bonds. The molecule has 2 N–H and O–H groups in total. The van der Waals surface area contributed by atoms with E-state index in [2.05, 4.69) is 0 Å². The molecule has 0 saturated heterocycles. The molecule has 0 unspecified atom stereocenters. The van der Waals surface area contributed by atoms with Crippen LogP contribution in [-0.4, -0.2) is 14.7 Å². The van der Waals surface area contributed by atoms with Crippen LogP contribution in [-0.2, 0) is 9.84 Å². The Morgan fingerprint density at radius 1 is 1.27 bits per heavy atom.